The van der Waals surface area contributed by atoms with Crippen molar-refractivity contribution in [1.29, 1.82) is 0 Å². The summed E-state index contributed by atoms with van der Waals surface area (Å²) >= 11 is 0. The lowest BCUT2D eigenvalue weighted by atomic mass is 10.2. The third-order valence-electron chi connectivity index (χ3n) is 1.88. The predicted molar refractivity (Wildman–Crippen MR) is 49.6 cm³/mol. The number of hydrogen-bond donors (Lipinski definition) is 0. The molecule has 0 aliphatic carbocycles. The molecular weight excluding hydrogens is 284 g/mol. The van der Waals surface area contributed by atoms with Gasteiger partial charge in [-0.1, -0.05) is 0 Å². The molecule has 1 aromatic rings. The van der Waals surface area contributed by atoms with E-state index in [0.717, 1.165) is 0 Å². The first kappa shape index (κ1) is 15.1. The van der Waals surface area contributed by atoms with Crippen LogP contribution in [0.25, 0.3) is 0 Å². The normalized spacial score (nSPS) is 12.3. The number of nitro benzene ring substituents is 1. The van der Waals surface area contributed by atoms with Crippen molar-refractivity contribution >= 4 is 5.69 Å². The predicted octanol–water partition coefficient (Wildman–Crippen LogP) is 3.55. The van der Waals surface area contributed by atoms with Gasteiger partial charge in [0.1, 0.15) is 0 Å². The van der Waals surface area contributed by atoms with Crippen molar-refractivity contribution in [2.24, 2.45) is 0 Å². The van der Waals surface area contributed by atoms with Crippen molar-refractivity contribution in [3.63, 3.8) is 0 Å². The molecule has 0 unspecified atom stereocenters. The van der Waals surface area contributed by atoms with E-state index in [2.05, 4.69) is 4.74 Å². The summed E-state index contributed by atoms with van der Waals surface area (Å²) in [5, 5.41) is 10.5. The fraction of sp³-hybridized carbons (Fsp3) is 0.333. The topological polar surface area (TPSA) is 52.4 Å². The van der Waals surface area contributed by atoms with Gasteiger partial charge >= 0.3 is 18.0 Å². The number of rotatable bonds is 3. The number of ether oxygens (including phenoxy) is 1. The van der Waals surface area contributed by atoms with Gasteiger partial charge in [0.25, 0.3) is 0 Å². The van der Waals surface area contributed by atoms with Crippen molar-refractivity contribution < 1.29 is 36.0 Å². The highest BCUT2D eigenvalue weighted by Crippen LogP contribution is 2.36. The van der Waals surface area contributed by atoms with E-state index in [0.29, 0.717) is 12.1 Å². The minimum atomic E-state index is -4.84. The molecule has 4 nitrogen and oxygen atoms in total. The number of nitro groups is 1. The molecule has 0 N–H and O–H groups in total. The largest absolute Gasteiger partial charge is 0.477 e. The van der Waals surface area contributed by atoms with Gasteiger partial charge in [0.2, 0.25) is 0 Å². The van der Waals surface area contributed by atoms with E-state index in [1.54, 1.807) is 0 Å². The minimum Gasteiger partial charge on any atom is -0.477 e. The maximum absolute atomic E-state index is 12.3. The molecular formula is C9H5F6NO3. The third kappa shape index (κ3) is 4.30. The molecule has 0 spiro atoms. The quantitative estimate of drug-likeness (QED) is 0.485. The molecule has 0 fully saturated rings. The number of benzene rings is 1. The van der Waals surface area contributed by atoms with Crippen molar-refractivity contribution in [3.05, 3.63) is 33.9 Å². The van der Waals surface area contributed by atoms with E-state index in [1.165, 1.54) is 0 Å². The molecule has 0 aliphatic rings. The maximum Gasteiger partial charge on any atom is 0.422 e. The Hall–Kier alpha value is -2.00. The average Bonchev–Trinajstić information content (AvgIpc) is 2.23. The number of hydrogen-bond acceptors (Lipinski definition) is 3. The third-order valence-corrected chi connectivity index (χ3v) is 1.88. The van der Waals surface area contributed by atoms with Gasteiger partial charge in [0, 0.05) is 6.07 Å². The Balaban J connectivity index is 3.13. The van der Waals surface area contributed by atoms with E-state index in [9.17, 15) is 36.5 Å². The summed E-state index contributed by atoms with van der Waals surface area (Å²) in [6, 6.07) is 0.983. The van der Waals surface area contributed by atoms with Gasteiger partial charge in [-0.3, -0.25) is 10.1 Å². The van der Waals surface area contributed by atoms with E-state index < -0.39 is 40.9 Å². The highest BCUT2D eigenvalue weighted by molar-refractivity contribution is 5.49. The first-order valence-electron chi connectivity index (χ1n) is 4.56. The lowest BCUT2D eigenvalue weighted by molar-refractivity contribution is -0.386. The monoisotopic (exact) mass is 289 g/mol. The molecule has 0 atom stereocenters. The summed E-state index contributed by atoms with van der Waals surface area (Å²) in [5.41, 5.74) is -2.31. The van der Waals surface area contributed by atoms with Crippen molar-refractivity contribution in [2.45, 2.75) is 12.4 Å². The number of nitrogens with zero attached hydrogens (tertiary/aromatic N) is 1. The zero-order valence-corrected chi connectivity index (χ0v) is 8.88. The Bertz CT molecular complexity index is 482. The van der Waals surface area contributed by atoms with E-state index in [1.807, 2.05) is 0 Å². The Labute approximate surface area is 101 Å². The Morgan fingerprint density at radius 3 is 2.16 bits per heavy atom. The molecule has 0 saturated heterocycles. The summed E-state index contributed by atoms with van der Waals surface area (Å²) in [5.74, 6) is -1.09. The molecule has 106 valence electrons. The lowest BCUT2D eigenvalue weighted by Crippen LogP contribution is -2.20. The highest BCUT2D eigenvalue weighted by atomic mass is 19.4. The van der Waals surface area contributed by atoms with Crippen LogP contribution in [0.3, 0.4) is 0 Å². The zero-order chi connectivity index (χ0) is 14.8. The van der Waals surface area contributed by atoms with Crippen molar-refractivity contribution in [3.8, 4) is 5.75 Å². The van der Waals surface area contributed by atoms with Crippen LogP contribution in [0.4, 0.5) is 32.0 Å². The molecule has 10 heteroatoms. The average molecular weight is 289 g/mol. The smallest absolute Gasteiger partial charge is 0.422 e. The number of halogens is 6. The van der Waals surface area contributed by atoms with Gasteiger partial charge in [-0.2, -0.15) is 26.3 Å². The molecule has 0 radical (unpaired) electrons. The fourth-order valence-corrected chi connectivity index (χ4v) is 1.12. The van der Waals surface area contributed by atoms with E-state index in [-0.39, 0.29) is 6.07 Å². The van der Waals surface area contributed by atoms with Crippen molar-refractivity contribution in [1.82, 2.24) is 0 Å². The highest BCUT2D eigenvalue weighted by Gasteiger charge is 2.34. The molecule has 0 aliphatic heterocycles. The van der Waals surface area contributed by atoms with Crippen LogP contribution < -0.4 is 4.74 Å². The summed E-state index contributed by atoms with van der Waals surface area (Å²) < 4.78 is 76.7. The second kappa shape index (κ2) is 4.94. The summed E-state index contributed by atoms with van der Waals surface area (Å²) in [7, 11) is 0. The molecule has 0 saturated carbocycles. The zero-order valence-electron chi connectivity index (χ0n) is 8.88. The first-order chi connectivity index (χ1) is 8.50. The fourth-order valence-electron chi connectivity index (χ4n) is 1.12. The van der Waals surface area contributed by atoms with Crippen LogP contribution in [-0.2, 0) is 6.18 Å². The Morgan fingerprint density at radius 2 is 1.74 bits per heavy atom. The second-order valence-electron chi connectivity index (χ2n) is 3.34. The van der Waals surface area contributed by atoms with Gasteiger partial charge in [-0.25, -0.2) is 0 Å². The molecule has 0 bridgehead atoms. The first-order valence-corrected chi connectivity index (χ1v) is 4.56. The van der Waals surface area contributed by atoms with Gasteiger partial charge in [0.15, 0.2) is 12.4 Å². The summed E-state index contributed by atoms with van der Waals surface area (Å²) in [6.45, 7) is -1.92. The van der Waals surface area contributed by atoms with Crippen LogP contribution in [0.2, 0.25) is 0 Å². The van der Waals surface area contributed by atoms with Gasteiger partial charge in [0.05, 0.1) is 10.5 Å². The van der Waals surface area contributed by atoms with Crippen molar-refractivity contribution in [2.75, 3.05) is 6.61 Å². The number of alkyl halides is 6. The van der Waals surface area contributed by atoms with Crippen LogP contribution >= 0.6 is 0 Å². The minimum absolute atomic E-state index is 0.157. The van der Waals surface area contributed by atoms with Gasteiger partial charge in [-0.05, 0) is 12.1 Å². The standard InChI is InChI=1S/C9H5F6NO3/c10-8(11,12)4-19-7-3-5(9(13,14)15)1-2-6(7)16(17)18/h1-3H,4H2. The van der Waals surface area contributed by atoms with Crippen LogP contribution in [0.1, 0.15) is 5.56 Å². The van der Waals surface area contributed by atoms with Crippen LogP contribution in [0.15, 0.2) is 18.2 Å². The molecule has 19 heavy (non-hydrogen) atoms. The van der Waals surface area contributed by atoms with Crippen LogP contribution in [-0.4, -0.2) is 17.7 Å². The SMILES string of the molecule is O=[N+]([O-])c1ccc(C(F)(F)F)cc1OCC(F)(F)F. The van der Waals surface area contributed by atoms with E-state index >= 15 is 0 Å². The van der Waals surface area contributed by atoms with Crippen LogP contribution in [0, 0.1) is 10.1 Å². The summed E-state index contributed by atoms with van der Waals surface area (Å²) in [6.07, 6.45) is -9.66. The maximum atomic E-state index is 12.3. The molecule has 0 amide bonds. The van der Waals surface area contributed by atoms with Gasteiger partial charge < -0.3 is 4.74 Å². The summed E-state index contributed by atoms with van der Waals surface area (Å²) in [4.78, 5) is 9.34. The molecule has 1 rings (SSSR count). The lowest BCUT2D eigenvalue weighted by Gasteiger charge is -2.12. The Morgan fingerprint density at radius 1 is 1.16 bits per heavy atom. The Kier molecular flexibility index (Phi) is 3.91. The molecule has 0 aromatic heterocycles. The van der Waals surface area contributed by atoms with E-state index in [4.69, 9.17) is 0 Å². The molecule has 1 aromatic carbocycles. The molecule has 0 heterocycles. The van der Waals surface area contributed by atoms with Crippen LogP contribution in [0.5, 0.6) is 5.75 Å². The second-order valence-corrected chi connectivity index (χ2v) is 3.34. The van der Waals surface area contributed by atoms with Gasteiger partial charge in [-0.15, -0.1) is 0 Å².